The molecule has 3 heteroatoms. The molecule has 104 valence electrons. The van der Waals surface area contributed by atoms with E-state index in [1.807, 2.05) is 12.3 Å². The molecule has 3 unspecified atom stereocenters. The minimum Gasteiger partial charge on any atom is -0.389 e. The molecular formula is C16H24N2O. The van der Waals surface area contributed by atoms with Crippen LogP contribution >= 0.6 is 0 Å². The van der Waals surface area contributed by atoms with E-state index in [1.165, 1.54) is 17.7 Å². The Kier molecular flexibility index (Phi) is 3.59. The first kappa shape index (κ1) is 13.1. The summed E-state index contributed by atoms with van der Waals surface area (Å²) < 4.78 is 0. The van der Waals surface area contributed by atoms with Gasteiger partial charge >= 0.3 is 0 Å². The number of aliphatic hydroxyl groups is 1. The van der Waals surface area contributed by atoms with Crippen LogP contribution in [0.4, 0.5) is 0 Å². The molecule has 0 aliphatic heterocycles. The molecule has 2 aliphatic rings. The van der Waals surface area contributed by atoms with Crippen molar-refractivity contribution >= 4 is 0 Å². The van der Waals surface area contributed by atoms with Crippen molar-refractivity contribution < 1.29 is 5.11 Å². The van der Waals surface area contributed by atoms with Crippen molar-refractivity contribution in [3.63, 3.8) is 0 Å². The van der Waals surface area contributed by atoms with Crippen molar-refractivity contribution in [2.45, 2.75) is 57.1 Å². The first-order chi connectivity index (χ1) is 9.16. The van der Waals surface area contributed by atoms with Crippen LogP contribution in [0.1, 0.15) is 56.3 Å². The van der Waals surface area contributed by atoms with E-state index in [9.17, 15) is 5.11 Å². The minimum atomic E-state index is -0.505. The summed E-state index contributed by atoms with van der Waals surface area (Å²) >= 11 is 0. The van der Waals surface area contributed by atoms with Crippen molar-refractivity contribution in [2.24, 2.45) is 5.92 Å². The zero-order valence-electron chi connectivity index (χ0n) is 11.7. The van der Waals surface area contributed by atoms with Gasteiger partial charge in [-0.25, -0.2) is 0 Å². The largest absolute Gasteiger partial charge is 0.389 e. The molecule has 1 aromatic rings. The number of hydrogen-bond acceptors (Lipinski definition) is 3. The van der Waals surface area contributed by atoms with Crippen LogP contribution < -0.4 is 5.32 Å². The summed E-state index contributed by atoms with van der Waals surface area (Å²) in [5.41, 5.74) is 2.05. The molecule has 0 aromatic carbocycles. The maximum Gasteiger partial charge on any atom is 0.0774 e. The Labute approximate surface area is 115 Å². The standard InChI is InChI=1S/C16H24N2O/c1-12-4-2-8-16(19,10-12)11-18-14-7-6-13-5-3-9-17-15(13)14/h3,5,9,12,14,18-19H,2,4,6-8,10-11H2,1H3. The molecule has 0 spiro atoms. The van der Waals surface area contributed by atoms with E-state index in [0.717, 1.165) is 32.1 Å². The number of pyridine rings is 1. The molecular weight excluding hydrogens is 236 g/mol. The summed E-state index contributed by atoms with van der Waals surface area (Å²) in [6.45, 7) is 2.95. The zero-order chi connectivity index (χ0) is 13.3. The molecule has 0 bridgehead atoms. The molecule has 1 aromatic heterocycles. The average molecular weight is 260 g/mol. The number of nitrogens with one attached hydrogen (secondary N) is 1. The SMILES string of the molecule is CC1CCCC(O)(CNC2CCc3cccnc32)C1. The van der Waals surface area contributed by atoms with Crippen LogP contribution in [0, 0.1) is 5.92 Å². The van der Waals surface area contributed by atoms with Crippen molar-refractivity contribution in [3.8, 4) is 0 Å². The highest BCUT2D eigenvalue weighted by atomic mass is 16.3. The highest BCUT2D eigenvalue weighted by molar-refractivity contribution is 5.27. The van der Waals surface area contributed by atoms with E-state index in [4.69, 9.17) is 0 Å². The van der Waals surface area contributed by atoms with Crippen LogP contribution in [0.5, 0.6) is 0 Å². The van der Waals surface area contributed by atoms with Gasteiger partial charge in [-0.2, -0.15) is 0 Å². The van der Waals surface area contributed by atoms with Crippen LogP contribution in [0.15, 0.2) is 18.3 Å². The number of aromatic nitrogens is 1. The summed E-state index contributed by atoms with van der Waals surface area (Å²) in [5.74, 6) is 0.648. The Hall–Kier alpha value is -0.930. The highest BCUT2D eigenvalue weighted by Crippen LogP contribution is 2.34. The fourth-order valence-corrected chi connectivity index (χ4v) is 3.72. The van der Waals surface area contributed by atoms with Gasteiger partial charge in [0.25, 0.3) is 0 Å². The average Bonchev–Trinajstić information content (AvgIpc) is 2.79. The summed E-state index contributed by atoms with van der Waals surface area (Å²) in [5, 5.41) is 14.2. The van der Waals surface area contributed by atoms with Gasteiger partial charge in [0.15, 0.2) is 0 Å². The predicted octanol–water partition coefficient (Wildman–Crippen LogP) is 2.60. The second-order valence-corrected chi connectivity index (χ2v) is 6.45. The molecule has 2 N–H and O–H groups in total. The third-order valence-corrected chi connectivity index (χ3v) is 4.70. The van der Waals surface area contributed by atoms with Crippen molar-refractivity contribution in [3.05, 3.63) is 29.6 Å². The molecule has 1 heterocycles. The lowest BCUT2D eigenvalue weighted by Crippen LogP contribution is -2.44. The van der Waals surface area contributed by atoms with Gasteiger partial charge in [-0.3, -0.25) is 4.98 Å². The fourth-order valence-electron chi connectivity index (χ4n) is 3.72. The van der Waals surface area contributed by atoms with Crippen LogP contribution in [-0.2, 0) is 6.42 Å². The van der Waals surface area contributed by atoms with Gasteiger partial charge in [-0.15, -0.1) is 0 Å². The second kappa shape index (κ2) is 5.22. The number of nitrogens with zero attached hydrogens (tertiary/aromatic N) is 1. The molecule has 19 heavy (non-hydrogen) atoms. The summed E-state index contributed by atoms with van der Waals surface area (Å²) in [6, 6.07) is 4.51. The lowest BCUT2D eigenvalue weighted by atomic mass is 9.79. The van der Waals surface area contributed by atoms with Crippen LogP contribution in [0.25, 0.3) is 0 Å². The summed E-state index contributed by atoms with van der Waals surface area (Å²) in [4.78, 5) is 4.50. The van der Waals surface area contributed by atoms with E-state index in [0.29, 0.717) is 18.5 Å². The van der Waals surface area contributed by atoms with E-state index in [1.54, 1.807) is 0 Å². The lowest BCUT2D eigenvalue weighted by molar-refractivity contribution is -0.0138. The van der Waals surface area contributed by atoms with Gasteiger partial charge in [0, 0.05) is 12.7 Å². The van der Waals surface area contributed by atoms with Gasteiger partial charge in [-0.05, 0) is 43.2 Å². The normalized spacial score (nSPS) is 34.2. The van der Waals surface area contributed by atoms with E-state index in [-0.39, 0.29) is 0 Å². The topological polar surface area (TPSA) is 45.1 Å². The van der Waals surface area contributed by atoms with Gasteiger partial charge in [0.1, 0.15) is 0 Å². The molecule has 2 aliphatic carbocycles. The molecule has 1 saturated carbocycles. The Morgan fingerprint density at radius 2 is 2.37 bits per heavy atom. The number of rotatable bonds is 3. The molecule has 0 radical (unpaired) electrons. The molecule has 1 fully saturated rings. The van der Waals surface area contributed by atoms with Crippen LogP contribution in [0.3, 0.4) is 0 Å². The predicted molar refractivity (Wildman–Crippen MR) is 75.9 cm³/mol. The molecule has 3 atom stereocenters. The Morgan fingerprint density at radius 1 is 1.47 bits per heavy atom. The second-order valence-electron chi connectivity index (χ2n) is 6.45. The monoisotopic (exact) mass is 260 g/mol. The van der Waals surface area contributed by atoms with Gasteiger partial charge in [-0.1, -0.05) is 25.8 Å². The van der Waals surface area contributed by atoms with Gasteiger partial charge in [0.05, 0.1) is 17.3 Å². The number of aryl methyl sites for hydroxylation is 1. The van der Waals surface area contributed by atoms with Crippen molar-refractivity contribution in [1.29, 1.82) is 0 Å². The molecule has 0 amide bonds. The maximum atomic E-state index is 10.7. The van der Waals surface area contributed by atoms with Gasteiger partial charge < -0.3 is 10.4 Å². The van der Waals surface area contributed by atoms with Crippen LogP contribution in [-0.4, -0.2) is 22.2 Å². The van der Waals surface area contributed by atoms with E-state index >= 15 is 0 Å². The van der Waals surface area contributed by atoms with E-state index in [2.05, 4.69) is 23.3 Å². The third-order valence-electron chi connectivity index (χ3n) is 4.70. The van der Waals surface area contributed by atoms with Crippen molar-refractivity contribution in [2.75, 3.05) is 6.54 Å². The van der Waals surface area contributed by atoms with Crippen molar-refractivity contribution in [1.82, 2.24) is 10.3 Å². The smallest absolute Gasteiger partial charge is 0.0774 e. The molecule has 0 saturated heterocycles. The molecule has 3 nitrogen and oxygen atoms in total. The number of hydrogen-bond donors (Lipinski definition) is 2. The third kappa shape index (κ3) is 2.82. The van der Waals surface area contributed by atoms with Crippen LogP contribution in [0.2, 0.25) is 0 Å². The van der Waals surface area contributed by atoms with Gasteiger partial charge in [0.2, 0.25) is 0 Å². The highest BCUT2D eigenvalue weighted by Gasteiger charge is 2.34. The lowest BCUT2D eigenvalue weighted by Gasteiger charge is -2.36. The maximum absolute atomic E-state index is 10.7. The zero-order valence-corrected chi connectivity index (χ0v) is 11.7. The number of fused-ring (bicyclic) bond motifs is 1. The Balaban J connectivity index is 1.61. The summed E-state index contributed by atoms with van der Waals surface area (Å²) in [6.07, 6.45) is 8.37. The first-order valence-corrected chi connectivity index (χ1v) is 7.56. The fraction of sp³-hybridized carbons (Fsp3) is 0.688. The minimum absolute atomic E-state index is 0.331. The Morgan fingerprint density at radius 3 is 3.21 bits per heavy atom. The molecule has 3 rings (SSSR count). The first-order valence-electron chi connectivity index (χ1n) is 7.56. The quantitative estimate of drug-likeness (QED) is 0.878. The van der Waals surface area contributed by atoms with E-state index < -0.39 is 5.60 Å². The summed E-state index contributed by atoms with van der Waals surface area (Å²) in [7, 11) is 0. The Bertz CT molecular complexity index is 448.